The number of halogens is 1. The summed E-state index contributed by atoms with van der Waals surface area (Å²) in [7, 11) is 0. The van der Waals surface area contributed by atoms with Crippen LogP contribution in [0.2, 0.25) is 5.02 Å². The summed E-state index contributed by atoms with van der Waals surface area (Å²) < 4.78 is 1.81. The van der Waals surface area contributed by atoms with Gasteiger partial charge in [0.25, 0.3) is 5.91 Å². The lowest BCUT2D eigenvalue weighted by Crippen LogP contribution is -2.48. The molecule has 0 aliphatic carbocycles. The second-order valence-corrected chi connectivity index (χ2v) is 8.24. The van der Waals surface area contributed by atoms with Gasteiger partial charge in [-0.05, 0) is 48.9 Å². The van der Waals surface area contributed by atoms with Crippen LogP contribution in [-0.4, -0.2) is 21.5 Å². The van der Waals surface area contributed by atoms with E-state index < -0.39 is 0 Å². The third-order valence-corrected chi connectivity index (χ3v) is 6.11. The van der Waals surface area contributed by atoms with Crippen molar-refractivity contribution in [1.82, 2.24) is 9.78 Å². The summed E-state index contributed by atoms with van der Waals surface area (Å²) in [6, 6.07) is 25.1. The zero-order valence-corrected chi connectivity index (χ0v) is 17.9. The van der Waals surface area contributed by atoms with Gasteiger partial charge in [-0.25, -0.2) is 9.67 Å². The number of amides is 1. The Morgan fingerprint density at radius 1 is 0.938 bits per heavy atom. The van der Waals surface area contributed by atoms with E-state index in [1.54, 1.807) is 0 Å². The summed E-state index contributed by atoms with van der Waals surface area (Å²) in [5.74, 6) is 0.759. The van der Waals surface area contributed by atoms with Crippen LogP contribution in [0.1, 0.15) is 22.9 Å². The van der Waals surface area contributed by atoms with Crippen molar-refractivity contribution < 1.29 is 4.79 Å². The number of carbonyl (C=O) groups is 1. The van der Waals surface area contributed by atoms with Gasteiger partial charge in [-0.2, -0.15) is 5.10 Å². The summed E-state index contributed by atoms with van der Waals surface area (Å²) in [6.45, 7) is 1.98. The summed E-state index contributed by atoms with van der Waals surface area (Å²) in [5, 5.41) is 8.45. The van der Waals surface area contributed by atoms with Crippen molar-refractivity contribution in [2.24, 2.45) is 4.99 Å². The maximum Gasteiger partial charge on any atom is 0.291 e. The first-order chi connectivity index (χ1) is 15.6. The van der Waals surface area contributed by atoms with Crippen molar-refractivity contribution in [1.29, 1.82) is 0 Å². The predicted molar refractivity (Wildman–Crippen MR) is 126 cm³/mol. The zero-order valence-electron chi connectivity index (χ0n) is 17.2. The largest absolute Gasteiger partial charge is 0.317 e. The molecule has 0 spiro atoms. The topological polar surface area (TPSA) is 62.5 Å². The molecule has 6 nitrogen and oxygen atoms in total. The number of aliphatic imine (C=N–C) groups is 1. The molecular formula is C25H18ClN5O. The third kappa shape index (κ3) is 2.77. The lowest BCUT2D eigenvalue weighted by Gasteiger charge is -2.40. The maximum atomic E-state index is 13.2. The highest BCUT2D eigenvalue weighted by atomic mass is 35.5. The first-order valence-electron chi connectivity index (χ1n) is 10.3. The molecule has 0 unspecified atom stereocenters. The molecule has 2 aliphatic heterocycles. The van der Waals surface area contributed by atoms with Crippen LogP contribution < -0.4 is 10.2 Å². The van der Waals surface area contributed by atoms with Gasteiger partial charge < -0.3 is 10.2 Å². The van der Waals surface area contributed by atoms with Crippen LogP contribution in [0, 0.1) is 6.92 Å². The Labute approximate surface area is 189 Å². The predicted octanol–water partition coefficient (Wildman–Crippen LogP) is 5.43. The molecule has 3 aromatic carbocycles. The number of nitrogens with one attached hydrogen (secondary N) is 1. The second kappa shape index (κ2) is 7.07. The summed E-state index contributed by atoms with van der Waals surface area (Å²) in [6.07, 6.45) is 0. The molecule has 0 saturated heterocycles. The van der Waals surface area contributed by atoms with E-state index in [1.165, 1.54) is 0 Å². The maximum absolute atomic E-state index is 13.2. The number of nitrogens with zero attached hydrogens (tertiary/aromatic N) is 4. The molecule has 1 atom stereocenters. The van der Waals surface area contributed by atoms with Crippen LogP contribution in [0.3, 0.4) is 0 Å². The lowest BCUT2D eigenvalue weighted by molar-refractivity contribution is -0.110. The summed E-state index contributed by atoms with van der Waals surface area (Å²) in [5.41, 5.74) is 5.36. The van der Waals surface area contributed by atoms with Crippen LogP contribution in [0.5, 0.6) is 0 Å². The minimum absolute atomic E-state index is 0.244. The third-order valence-electron chi connectivity index (χ3n) is 5.85. The van der Waals surface area contributed by atoms with Gasteiger partial charge in [-0.1, -0.05) is 54.1 Å². The van der Waals surface area contributed by atoms with Gasteiger partial charge in [-0.3, -0.25) is 4.79 Å². The van der Waals surface area contributed by atoms with E-state index in [-0.39, 0.29) is 11.9 Å². The molecule has 0 bridgehead atoms. The van der Waals surface area contributed by atoms with E-state index in [0.717, 1.165) is 33.9 Å². The van der Waals surface area contributed by atoms with Gasteiger partial charge in [0.15, 0.2) is 5.82 Å². The highest BCUT2D eigenvalue weighted by Crippen LogP contribution is 2.47. The molecule has 2 aliphatic rings. The molecule has 0 saturated carbocycles. The molecule has 1 aromatic heterocycles. The standard InChI is InChI=1S/C25H18ClN5O/c1-15-21-22(16-11-13-17(26)14-12-16)30-20-10-6-5-9-19(20)27-25(32)24(30)28-23(21)31(29-15)18-7-3-2-4-8-18/h2-14,22H,1H3,(H,27,32)/t22-/m1/s1. The first kappa shape index (κ1) is 18.8. The highest BCUT2D eigenvalue weighted by Gasteiger charge is 2.42. The Balaban J connectivity index is 1.66. The van der Waals surface area contributed by atoms with Crippen molar-refractivity contribution >= 4 is 40.5 Å². The number of rotatable bonds is 2. The molecule has 4 aromatic rings. The van der Waals surface area contributed by atoms with Gasteiger partial charge in [-0.15, -0.1) is 0 Å². The number of aromatic nitrogens is 2. The fraction of sp³-hybridized carbons (Fsp3) is 0.0800. The molecule has 0 fully saturated rings. The van der Waals surface area contributed by atoms with Crippen molar-refractivity contribution in [3.63, 3.8) is 0 Å². The van der Waals surface area contributed by atoms with E-state index in [2.05, 4.69) is 5.32 Å². The molecule has 0 radical (unpaired) electrons. The Morgan fingerprint density at radius 3 is 2.44 bits per heavy atom. The first-order valence-corrected chi connectivity index (χ1v) is 10.7. The second-order valence-electron chi connectivity index (χ2n) is 7.80. The number of benzene rings is 3. The Hall–Kier alpha value is -3.90. The number of amidine groups is 1. The molecule has 6 rings (SSSR count). The Bertz CT molecular complexity index is 1390. The van der Waals surface area contributed by atoms with E-state index in [1.807, 2.05) is 95.4 Å². The normalized spacial score (nSPS) is 16.6. The van der Waals surface area contributed by atoms with E-state index in [9.17, 15) is 4.79 Å². The van der Waals surface area contributed by atoms with Crippen molar-refractivity contribution in [3.8, 4) is 5.69 Å². The number of hydrogen-bond donors (Lipinski definition) is 1. The number of aryl methyl sites for hydroxylation is 1. The van der Waals surface area contributed by atoms with Gasteiger partial charge in [0, 0.05) is 10.6 Å². The van der Waals surface area contributed by atoms with Crippen LogP contribution in [0.15, 0.2) is 83.9 Å². The quantitative estimate of drug-likeness (QED) is 0.453. The zero-order chi connectivity index (χ0) is 21.8. The van der Waals surface area contributed by atoms with Gasteiger partial charge in [0.1, 0.15) is 0 Å². The summed E-state index contributed by atoms with van der Waals surface area (Å²) in [4.78, 5) is 20.0. The lowest BCUT2D eigenvalue weighted by atomic mass is 9.93. The monoisotopic (exact) mass is 439 g/mol. The number of fused-ring (bicyclic) bond motifs is 4. The molecule has 156 valence electrons. The molecular weight excluding hydrogens is 422 g/mol. The van der Waals surface area contributed by atoms with Crippen LogP contribution >= 0.6 is 11.6 Å². The van der Waals surface area contributed by atoms with Gasteiger partial charge in [0.2, 0.25) is 5.84 Å². The van der Waals surface area contributed by atoms with Crippen LogP contribution in [0.4, 0.5) is 17.2 Å². The molecule has 1 N–H and O–H groups in total. The average Bonchev–Trinajstić information content (AvgIpc) is 3.15. The Kier molecular flexibility index (Phi) is 4.16. The van der Waals surface area contributed by atoms with Crippen LogP contribution in [0.25, 0.3) is 5.69 Å². The van der Waals surface area contributed by atoms with E-state index in [4.69, 9.17) is 21.7 Å². The fourth-order valence-electron chi connectivity index (χ4n) is 4.45. The van der Waals surface area contributed by atoms with Crippen molar-refractivity contribution in [2.75, 3.05) is 10.2 Å². The minimum atomic E-state index is -0.278. The SMILES string of the molecule is Cc1nn(-c2ccccc2)c2c1[C@@H](c1ccc(Cl)cc1)N1C(=N2)C(=O)Nc2ccccc21. The highest BCUT2D eigenvalue weighted by molar-refractivity contribution is 6.50. The van der Waals surface area contributed by atoms with Gasteiger partial charge in [0.05, 0.1) is 28.8 Å². The Morgan fingerprint density at radius 2 is 1.66 bits per heavy atom. The van der Waals surface area contributed by atoms with Crippen molar-refractivity contribution in [2.45, 2.75) is 13.0 Å². The molecule has 7 heteroatoms. The van der Waals surface area contributed by atoms with Crippen LogP contribution in [-0.2, 0) is 4.79 Å². The fourth-order valence-corrected chi connectivity index (χ4v) is 4.58. The van der Waals surface area contributed by atoms with Crippen molar-refractivity contribution in [3.05, 3.63) is 101 Å². The number of para-hydroxylation sites is 3. The minimum Gasteiger partial charge on any atom is -0.317 e. The molecule has 1 amide bonds. The van der Waals surface area contributed by atoms with E-state index >= 15 is 0 Å². The number of anilines is 2. The van der Waals surface area contributed by atoms with Gasteiger partial charge >= 0.3 is 0 Å². The molecule has 3 heterocycles. The molecule has 32 heavy (non-hydrogen) atoms. The number of hydrogen-bond acceptors (Lipinski definition) is 4. The average molecular weight is 440 g/mol. The smallest absolute Gasteiger partial charge is 0.291 e. The number of carbonyl (C=O) groups excluding carboxylic acids is 1. The van der Waals surface area contributed by atoms with E-state index in [0.29, 0.717) is 16.7 Å². The summed E-state index contributed by atoms with van der Waals surface area (Å²) >= 11 is 6.19.